The van der Waals surface area contributed by atoms with Gasteiger partial charge in [-0.3, -0.25) is 43.1 Å². The van der Waals surface area contributed by atoms with E-state index in [1.807, 2.05) is 40.1 Å². The van der Waals surface area contributed by atoms with E-state index in [4.69, 9.17) is 23.2 Å². The molecule has 0 spiro atoms. The average Bonchev–Trinajstić information content (AvgIpc) is 1.66. The topological polar surface area (TPSA) is 271 Å². The maximum atomic E-state index is 13.7. The Labute approximate surface area is 611 Å². The third-order valence-corrected chi connectivity index (χ3v) is 25.3. The molecule has 5 saturated heterocycles. The van der Waals surface area contributed by atoms with Crippen molar-refractivity contribution in [3.05, 3.63) is 196 Å². The van der Waals surface area contributed by atoms with Gasteiger partial charge < -0.3 is 24.5 Å². The first-order valence-corrected chi connectivity index (χ1v) is 40.1. The maximum Gasteiger partial charge on any atom is 0.263 e. The fourth-order valence-electron chi connectivity index (χ4n) is 13.2. The van der Waals surface area contributed by atoms with Gasteiger partial charge in [0.05, 0.1) is 49.6 Å². The number of piperazine rings is 2. The third-order valence-electron chi connectivity index (χ3n) is 18.2. The first-order valence-electron chi connectivity index (χ1n) is 32.3. The summed E-state index contributed by atoms with van der Waals surface area (Å²) in [4.78, 5) is 80.0. The first-order chi connectivity index (χ1) is 48.7. The van der Waals surface area contributed by atoms with Gasteiger partial charge in [0.2, 0.25) is 17.7 Å². The van der Waals surface area contributed by atoms with Crippen LogP contribution in [0.4, 0.5) is 53.9 Å². The standard InChI is InChI=1S/C23H23ClFN5O3S2.C23H25N5O3S2.C22H19ClN4O4S2.4H2/c24-19-6-1-16(25)15-21(19)29-12-10-28(11-13-29)20-7-9-30(22(20)31)17-2-4-18(5-3-17)35(32,33)27-23-26-8-14-34-23;29-22-21(27-15-13-26(14-16-27)18-4-2-1-3-5-18)10-12-28(22)19-6-8-20(9-7-19)33(30,31)25-23-24-11-17-32-23;23-15-3-8-18-14(12-15)2-1-10-26(18)19-13-20(28)27(21(19)29)16-4-6-17(7-5-16)33(30,31)25-22-24-9-11-32-22;;;;/h1-6,8,14-15,20H,7,9-13H2,(H,26,27);1-9,11,17,21H,10,12-16H2,(H,24,25);3-9,11-12,19H,1-2,10,13H2,(H,24,25);4*1H/t20-;21-;;;;;/m00...../s1. The van der Waals surface area contributed by atoms with Crippen LogP contribution < -0.4 is 43.6 Å². The molecule has 24 nitrogen and oxygen atoms in total. The second-order valence-electron chi connectivity index (χ2n) is 24.2. The summed E-state index contributed by atoms with van der Waals surface area (Å²) in [5, 5.41) is 7.09. The lowest BCUT2D eigenvalue weighted by molar-refractivity contribution is -0.122. The number of nitrogens with one attached hydrogen (secondary N) is 3. The van der Waals surface area contributed by atoms with Crippen molar-refractivity contribution in [1.29, 1.82) is 0 Å². The van der Waals surface area contributed by atoms with E-state index in [-0.39, 0.29) is 73.5 Å². The van der Waals surface area contributed by atoms with Crippen LogP contribution in [0.5, 0.6) is 0 Å². The summed E-state index contributed by atoms with van der Waals surface area (Å²) in [6.07, 6.45) is 7.83. The van der Waals surface area contributed by atoms with E-state index in [0.717, 1.165) is 67.3 Å². The zero-order valence-corrected chi connectivity index (χ0v) is 60.3. The number of carbonyl (C=O) groups is 4. The average molecular weight is 1530 g/mol. The molecular weight excluding hydrogens is 1460 g/mol. The number of benzene rings is 6. The van der Waals surface area contributed by atoms with Crippen molar-refractivity contribution in [3.63, 3.8) is 0 Å². The number of rotatable bonds is 17. The van der Waals surface area contributed by atoms with Crippen molar-refractivity contribution < 1.29 is 54.5 Å². The molecule has 101 heavy (non-hydrogen) atoms. The summed E-state index contributed by atoms with van der Waals surface area (Å²) in [6.45, 7) is 7.96. The Morgan fingerprint density at radius 3 is 1.40 bits per heavy atom. The number of thiazole rings is 3. The highest BCUT2D eigenvalue weighted by atomic mass is 35.5. The number of nitrogens with zero attached hydrogens (tertiary/aromatic N) is 11. The number of aryl methyl sites for hydroxylation is 1. The highest BCUT2D eigenvalue weighted by Crippen LogP contribution is 2.37. The molecule has 0 radical (unpaired) electrons. The van der Waals surface area contributed by atoms with E-state index in [2.05, 4.69) is 56.0 Å². The van der Waals surface area contributed by atoms with Crippen LogP contribution in [0.25, 0.3) is 0 Å². The zero-order chi connectivity index (χ0) is 70.6. The molecule has 5 fully saturated rings. The highest BCUT2D eigenvalue weighted by Gasteiger charge is 2.45. The molecule has 33 heteroatoms. The molecule has 6 aliphatic rings. The number of aromatic nitrogens is 3. The van der Waals surface area contributed by atoms with Crippen molar-refractivity contribution in [3.8, 4) is 0 Å². The van der Waals surface area contributed by atoms with E-state index in [0.29, 0.717) is 89.6 Å². The largest absolute Gasteiger partial charge is 0.369 e. The Balaban J connectivity index is 0.000000179. The molecule has 15 rings (SSSR count). The number of carbonyl (C=O) groups excluding carboxylic acids is 4. The second kappa shape index (κ2) is 30.5. The van der Waals surface area contributed by atoms with Crippen molar-refractivity contribution in [2.45, 2.75) is 64.9 Å². The van der Waals surface area contributed by atoms with Crippen LogP contribution in [0.3, 0.4) is 0 Å². The molecule has 9 heterocycles. The van der Waals surface area contributed by atoms with E-state index >= 15 is 0 Å². The van der Waals surface area contributed by atoms with Crippen LogP contribution in [0, 0.1) is 5.82 Å². The number of hydrogen-bond acceptors (Lipinski definition) is 21. The van der Waals surface area contributed by atoms with Crippen molar-refractivity contribution in [2.24, 2.45) is 0 Å². The van der Waals surface area contributed by atoms with Gasteiger partial charge in [0, 0.05) is 140 Å². The summed E-state index contributed by atoms with van der Waals surface area (Å²) in [5.74, 6) is -0.883. The van der Waals surface area contributed by atoms with Crippen LogP contribution in [-0.2, 0) is 55.7 Å². The SMILES string of the molecule is O=C1CC(N2CCCc3cc(Cl)ccc32)C(=O)N1c1ccc(S(=O)(=O)Nc2nccs2)cc1.O=C1[C@@H](N2CCN(c3cc(F)ccc3Cl)CC2)CCN1c1ccc(S(=O)(=O)Nc2nccs2)cc1.O=C1[C@@H](N2CCN(c3ccccc3)CC2)CCN1c1ccc(S(=O)(=O)Nc2nccs2)cc1.[HH].[HH].[HH].[HH]. The molecule has 3 N–H and O–H groups in total. The van der Waals surface area contributed by atoms with Gasteiger partial charge >= 0.3 is 0 Å². The molecule has 3 atom stereocenters. The minimum absolute atomic E-state index is 0. The van der Waals surface area contributed by atoms with Gasteiger partial charge in [-0.1, -0.05) is 41.4 Å². The lowest BCUT2D eigenvalue weighted by Crippen LogP contribution is -2.52. The minimum Gasteiger partial charge on any atom is -0.369 e. The normalized spacial score (nSPS) is 19.2. The number of para-hydroxylation sites is 1. The van der Waals surface area contributed by atoms with Crippen molar-refractivity contribution in [1.82, 2.24) is 24.8 Å². The molecule has 3 aromatic heterocycles. The minimum atomic E-state index is -3.82. The van der Waals surface area contributed by atoms with Crippen LogP contribution in [0.2, 0.25) is 10.0 Å². The summed E-state index contributed by atoms with van der Waals surface area (Å²) < 4.78 is 96.3. The van der Waals surface area contributed by atoms with Gasteiger partial charge in [0.1, 0.15) is 11.9 Å². The lowest BCUT2D eigenvalue weighted by atomic mass is 9.99. The number of imide groups is 1. The number of halogens is 3. The summed E-state index contributed by atoms with van der Waals surface area (Å²) in [7, 11) is -11.3. The number of amides is 4. The Morgan fingerprint density at radius 1 is 0.465 bits per heavy atom. The maximum absolute atomic E-state index is 13.7. The number of sulfonamides is 3. The number of hydrogen-bond donors (Lipinski definition) is 3. The van der Waals surface area contributed by atoms with E-state index in [9.17, 15) is 48.8 Å². The van der Waals surface area contributed by atoms with Gasteiger partial charge in [0.15, 0.2) is 15.4 Å². The molecule has 0 saturated carbocycles. The quantitative estimate of drug-likeness (QED) is 0.0715. The van der Waals surface area contributed by atoms with Crippen molar-refractivity contribution >= 4 is 160 Å². The Kier molecular flexibility index (Phi) is 21.4. The van der Waals surface area contributed by atoms with Crippen LogP contribution in [0.15, 0.2) is 189 Å². The molecule has 1 unspecified atom stereocenters. The zero-order valence-electron chi connectivity index (χ0n) is 53.9. The smallest absolute Gasteiger partial charge is 0.263 e. The molecule has 0 aliphatic carbocycles. The molecule has 4 amide bonds. The summed E-state index contributed by atoms with van der Waals surface area (Å²) in [6, 6.07) is 37.7. The van der Waals surface area contributed by atoms with Gasteiger partial charge in [-0.25, -0.2) is 49.5 Å². The number of anilines is 9. The first kappa shape index (κ1) is 70.8. The van der Waals surface area contributed by atoms with Gasteiger partial charge in [-0.2, -0.15) is 0 Å². The fourth-order valence-corrected chi connectivity index (χ4v) is 19.0. The molecule has 6 aromatic carbocycles. The summed E-state index contributed by atoms with van der Waals surface area (Å²) in [5.41, 5.74) is 5.60. The molecule has 534 valence electrons. The molecular formula is C68H75Cl2FN14O10S6. The van der Waals surface area contributed by atoms with Crippen molar-refractivity contribution in [2.75, 3.05) is 116 Å². The van der Waals surface area contributed by atoms with Gasteiger partial charge in [-0.05, 0) is 153 Å². The Hall–Kier alpha value is -8.63. The Bertz CT molecular complexity index is 4820. The molecule has 9 aromatic rings. The monoisotopic (exact) mass is 1530 g/mol. The lowest BCUT2D eigenvalue weighted by Gasteiger charge is -2.38. The predicted octanol–water partition coefficient (Wildman–Crippen LogP) is 11.2. The van der Waals surface area contributed by atoms with Gasteiger partial charge in [0.25, 0.3) is 36.0 Å². The van der Waals surface area contributed by atoms with Gasteiger partial charge in [-0.15, -0.1) is 34.0 Å². The van der Waals surface area contributed by atoms with E-state index < -0.39 is 36.1 Å². The number of fused-ring (bicyclic) bond motifs is 1. The predicted molar refractivity (Wildman–Crippen MR) is 402 cm³/mol. The second-order valence-corrected chi connectivity index (χ2v) is 32.8. The van der Waals surface area contributed by atoms with Crippen LogP contribution in [0.1, 0.15) is 37.0 Å². The summed E-state index contributed by atoms with van der Waals surface area (Å²) >= 11 is 16.0. The molecule has 6 aliphatic heterocycles. The van der Waals surface area contributed by atoms with Crippen LogP contribution in [-0.4, -0.2) is 164 Å². The fraction of sp³-hybridized carbons (Fsp3) is 0.279. The third kappa shape index (κ3) is 16.0. The van der Waals surface area contributed by atoms with E-state index in [1.165, 1.54) is 113 Å². The van der Waals surface area contributed by atoms with Crippen LogP contribution >= 0.6 is 57.2 Å². The Morgan fingerprint density at radius 2 is 0.931 bits per heavy atom. The van der Waals surface area contributed by atoms with E-state index in [1.54, 1.807) is 68.5 Å². The molecule has 0 bridgehead atoms. The highest BCUT2D eigenvalue weighted by molar-refractivity contribution is 7.93.